The second kappa shape index (κ2) is 5.96. The van der Waals surface area contributed by atoms with Crippen LogP contribution < -0.4 is 0 Å². The van der Waals surface area contributed by atoms with Crippen molar-refractivity contribution in [1.82, 2.24) is 14.3 Å². The molecule has 0 spiro atoms. The molecule has 4 nitrogen and oxygen atoms in total. The molecule has 4 rings (SSSR count). The van der Waals surface area contributed by atoms with E-state index in [4.69, 9.17) is 0 Å². The standard InChI is InChI=1S/C18H16IN3O/c19-14-8-6-13(7-9-14)16-4-3-11-22(16)18(23)15-12-21-10-2-1-5-17(21)20-15/h1-2,5-10,12,16H,3-4,11H2/t16-/m1/s1. The topological polar surface area (TPSA) is 37.6 Å². The van der Waals surface area contributed by atoms with Gasteiger partial charge in [0.05, 0.1) is 6.04 Å². The molecule has 1 amide bonds. The van der Waals surface area contributed by atoms with Crippen LogP contribution in [0.5, 0.6) is 0 Å². The normalized spacial score (nSPS) is 17.8. The average Bonchev–Trinajstić information content (AvgIpc) is 3.21. The molecule has 3 heterocycles. The number of carbonyl (C=O) groups is 1. The van der Waals surface area contributed by atoms with Gasteiger partial charge in [0.15, 0.2) is 0 Å². The molecule has 23 heavy (non-hydrogen) atoms. The third-order valence-corrected chi connectivity index (χ3v) is 5.07. The zero-order valence-electron chi connectivity index (χ0n) is 12.5. The van der Waals surface area contributed by atoms with E-state index in [2.05, 4.69) is 51.8 Å². The predicted molar refractivity (Wildman–Crippen MR) is 97.4 cm³/mol. The highest BCUT2D eigenvalue weighted by Crippen LogP contribution is 2.33. The van der Waals surface area contributed by atoms with Gasteiger partial charge in [-0.15, -0.1) is 0 Å². The minimum atomic E-state index is 0.0229. The fourth-order valence-electron chi connectivity index (χ4n) is 3.23. The first-order chi connectivity index (χ1) is 11.2. The van der Waals surface area contributed by atoms with Gasteiger partial charge >= 0.3 is 0 Å². The van der Waals surface area contributed by atoms with Gasteiger partial charge in [0.2, 0.25) is 0 Å². The number of hydrogen-bond acceptors (Lipinski definition) is 2. The van der Waals surface area contributed by atoms with E-state index in [-0.39, 0.29) is 11.9 Å². The number of benzene rings is 1. The van der Waals surface area contributed by atoms with E-state index < -0.39 is 0 Å². The number of rotatable bonds is 2. The summed E-state index contributed by atoms with van der Waals surface area (Å²) < 4.78 is 3.10. The van der Waals surface area contributed by atoms with Crippen molar-refractivity contribution >= 4 is 34.1 Å². The number of nitrogens with zero attached hydrogens (tertiary/aromatic N) is 3. The van der Waals surface area contributed by atoms with Crippen LogP contribution in [0, 0.1) is 3.57 Å². The lowest BCUT2D eigenvalue weighted by Crippen LogP contribution is -2.30. The molecule has 0 radical (unpaired) electrons. The quantitative estimate of drug-likeness (QED) is 0.593. The Morgan fingerprint density at radius 2 is 2.00 bits per heavy atom. The Kier molecular flexibility index (Phi) is 3.80. The molecule has 1 saturated heterocycles. The zero-order valence-corrected chi connectivity index (χ0v) is 14.7. The third kappa shape index (κ3) is 2.73. The number of likely N-dealkylation sites (tertiary alicyclic amines) is 1. The van der Waals surface area contributed by atoms with E-state index in [1.807, 2.05) is 39.9 Å². The Labute approximate surface area is 148 Å². The predicted octanol–water partition coefficient (Wildman–Crippen LogP) is 3.92. The molecule has 2 aromatic heterocycles. The maximum Gasteiger partial charge on any atom is 0.274 e. The van der Waals surface area contributed by atoms with Crippen LogP contribution in [0.25, 0.3) is 5.65 Å². The van der Waals surface area contributed by atoms with Gasteiger partial charge in [-0.3, -0.25) is 4.79 Å². The molecule has 1 aliphatic rings. The lowest BCUT2D eigenvalue weighted by Gasteiger charge is -2.24. The van der Waals surface area contributed by atoms with Gasteiger partial charge in [0.25, 0.3) is 5.91 Å². The summed E-state index contributed by atoms with van der Waals surface area (Å²) in [6.45, 7) is 0.795. The van der Waals surface area contributed by atoms with Gasteiger partial charge in [0.1, 0.15) is 11.3 Å². The molecule has 0 bridgehead atoms. The zero-order chi connectivity index (χ0) is 15.8. The molecule has 3 aromatic rings. The Morgan fingerprint density at radius 3 is 2.78 bits per heavy atom. The average molecular weight is 417 g/mol. The molecule has 0 unspecified atom stereocenters. The SMILES string of the molecule is O=C(c1cn2ccccc2n1)N1CCC[C@@H]1c1ccc(I)cc1. The number of aromatic nitrogens is 2. The highest BCUT2D eigenvalue weighted by molar-refractivity contribution is 14.1. The van der Waals surface area contributed by atoms with E-state index in [0.29, 0.717) is 5.69 Å². The molecule has 0 saturated carbocycles. The van der Waals surface area contributed by atoms with Crippen LogP contribution >= 0.6 is 22.6 Å². The Hall–Kier alpha value is -1.89. The largest absolute Gasteiger partial charge is 0.330 e. The monoisotopic (exact) mass is 417 g/mol. The van der Waals surface area contributed by atoms with E-state index in [9.17, 15) is 4.79 Å². The fraction of sp³-hybridized carbons (Fsp3) is 0.222. The summed E-state index contributed by atoms with van der Waals surface area (Å²) in [4.78, 5) is 19.3. The first kappa shape index (κ1) is 14.7. The molecule has 116 valence electrons. The van der Waals surface area contributed by atoms with Crippen LogP contribution in [0.4, 0.5) is 0 Å². The first-order valence-electron chi connectivity index (χ1n) is 7.72. The summed E-state index contributed by atoms with van der Waals surface area (Å²) >= 11 is 2.30. The number of carbonyl (C=O) groups excluding carboxylic acids is 1. The summed E-state index contributed by atoms with van der Waals surface area (Å²) in [7, 11) is 0. The van der Waals surface area contributed by atoms with Gasteiger partial charge in [0, 0.05) is 22.5 Å². The van der Waals surface area contributed by atoms with Crippen molar-refractivity contribution < 1.29 is 4.79 Å². The summed E-state index contributed by atoms with van der Waals surface area (Å²) in [5, 5.41) is 0. The maximum atomic E-state index is 12.9. The van der Waals surface area contributed by atoms with Crippen molar-refractivity contribution in [1.29, 1.82) is 0 Å². The van der Waals surface area contributed by atoms with Crippen molar-refractivity contribution in [3.05, 3.63) is 69.7 Å². The maximum absolute atomic E-state index is 12.9. The van der Waals surface area contributed by atoms with Crippen molar-refractivity contribution in [3.8, 4) is 0 Å². The van der Waals surface area contributed by atoms with Crippen LogP contribution in [-0.2, 0) is 0 Å². The van der Waals surface area contributed by atoms with Crippen LogP contribution in [0.15, 0.2) is 54.9 Å². The number of hydrogen-bond donors (Lipinski definition) is 0. The van der Waals surface area contributed by atoms with E-state index in [1.165, 1.54) is 9.13 Å². The molecule has 0 aliphatic carbocycles. The van der Waals surface area contributed by atoms with Crippen LogP contribution in [0.3, 0.4) is 0 Å². The fourth-order valence-corrected chi connectivity index (χ4v) is 3.59. The highest BCUT2D eigenvalue weighted by Gasteiger charge is 2.31. The van der Waals surface area contributed by atoms with Gasteiger partial charge in [-0.1, -0.05) is 18.2 Å². The van der Waals surface area contributed by atoms with E-state index >= 15 is 0 Å². The number of pyridine rings is 1. The van der Waals surface area contributed by atoms with Crippen molar-refractivity contribution in [2.45, 2.75) is 18.9 Å². The molecular formula is C18H16IN3O. The van der Waals surface area contributed by atoms with Crippen LogP contribution in [0.1, 0.15) is 34.9 Å². The van der Waals surface area contributed by atoms with E-state index in [0.717, 1.165) is 25.0 Å². The van der Waals surface area contributed by atoms with Gasteiger partial charge in [-0.05, 0) is 65.3 Å². The summed E-state index contributed by atoms with van der Waals surface area (Å²) in [5.41, 5.74) is 2.54. The molecule has 1 aromatic carbocycles. The van der Waals surface area contributed by atoms with Gasteiger partial charge < -0.3 is 9.30 Å². The lowest BCUT2D eigenvalue weighted by atomic mass is 10.0. The molecular weight excluding hydrogens is 401 g/mol. The summed E-state index contributed by atoms with van der Waals surface area (Å²) in [6.07, 6.45) is 5.79. The van der Waals surface area contributed by atoms with Crippen LogP contribution in [0.2, 0.25) is 0 Å². The Bertz CT molecular complexity index is 823. The molecule has 1 aliphatic heterocycles. The second-order valence-electron chi connectivity index (χ2n) is 5.80. The third-order valence-electron chi connectivity index (χ3n) is 4.35. The molecule has 1 fully saturated rings. The van der Waals surface area contributed by atoms with Crippen molar-refractivity contribution in [2.24, 2.45) is 0 Å². The number of fused-ring (bicyclic) bond motifs is 1. The molecule has 5 heteroatoms. The minimum Gasteiger partial charge on any atom is -0.330 e. The van der Waals surface area contributed by atoms with E-state index in [1.54, 1.807) is 0 Å². The lowest BCUT2D eigenvalue weighted by molar-refractivity contribution is 0.0730. The molecule has 1 atom stereocenters. The van der Waals surface area contributed by atoms with Gasteiger partial charge in [-0.2, -0.15) is 0 Å². The summed E-state index contributed by atoms with van der Waals surface area (Å²) in [6, 6.07) is 14.4. The summed E-state index contributed by atoms with van der Waals surface area (Å²) in [5.74, 6) is 0.0229. The highest BCUT2D eigenvalue weighted by atomic mass is 127. The Balaban J connectivity index is 1.65. The van der Waals surface area contributed by atoms with Gasteiger partial charge in [-0.25, -0.2) is 4.98 Å². The van der Waals surface area contributed by atoms with Crippen LogP contribution in [-0.4, -0.2) is 26.7 Å². The second-order valence-corrected chi connectivity index (χ2v) is 7.05. The smallest absolute Gasteiger partial charge is 0.274 e. The first-order valence-corrected chi connectivity index (χ1v) is 8.80. The number of amides is 1. The molecule has 0 N–H and O–H groups in total. The van der Waals surface area contributed by atoms with Crippen molar-refractivity contribution in [2.75, 3.05) is 6.54 Å². The van der Waals surface area contributed by atoms with Crippen molar-refractivity contribution in [3.63, 3.8) is 0 Å². The minimum absolute atomic E-state index is 0.0229. The number of imidazole rings is 1. The number of halogens is 1. The Morgan fingerprint density at radius 1 is 1.17 bits per heavy atom.